The predicted octanol–water partition coefficient (Wildman–Crippen LogP) is 4.72. The first-order valence-corrected chi connectivity index (χ1v) is 14.0. The van der Waals surface area contributed by atoms with Gasteiger partial charge in [0.25, 0.3) is 0 Å². The number of phenols is 1. The number of esters is 2. The molecule has 5 rings (SSSR count). The third-order valence-corrected chi connectivity index (χ3v) is 7.77. The van der Waals surface area contributed by atoms with Crippen LogP contribution in [-0.2, 0) is 32.2 Å². The van der Waals surface area contributed by atoms with E-state index in [1.807, 2.05) is 24.3 Å². The van der Waals surface area contributed by atoms with Gasteiger partial charge in [-0.1, -0.05) is 24.3 Å². The molecule has 1 atom stereocenters. The van der Waals surface area contributed by atoms with Crippen molar-refractivity contribution in [1.82, 2.24) is 9.80 Å². The summed E-state index contributed by atoms with van der Waals surface area (Å²) in [6.07, 6.45) is 5.30. The highest BCUT2D eigenvalue weighted by atomic mass is 16.6. The number of carbonyl (C=O) groups excluding carboxylic acids is 2. The number of furan rings is 1. The molecule has 2 aliphatic rings. The SMILES string of the molecule is COC(=O)C1=Cc2cc(O)c(OC)cc2C(c2ccc(CN3CCCC3)cc2)N(Cc2ccc([N+](=O)[O-])o2)C=C1C(=O)OC. The van der Waals surface area contributed by atoms with Gasteiger partial charge in [0, 0.05) is 12.7 Å². The number of aromatic hydroxyl groups is 1. The Bertz CT molecular complexity index is 1620. The molecule has 3 heterocycles. The molecule has 1 aromatic heterocycles. The van der Waals surface area contributed by atoms with Gasteiger partial charge >= 0.3 is 17.8 Å². The minimum absolute atomic E-state index is 0.0361. The molecule has 2 aliphatic heterocycles. The number of ether oxygens (including phenoxy) is 3. The fraction of sp³-hybridized carbons (Fsp3) is 0.312. The Morgan fingerprint density at radius 3 is 2.27 bits per heavy atom. The molecule has 2 aromatic carbocycles. The van der Waals surface area contributed by atoms with E-state index < -0.39 is 28.8 Å². The molecule has 0 spiro atoms. The lowest BCUT2D eigenvalue weighted by Gasteiger charge is -2.34. The first-order valence-electron chi connectivity index (χ1n) is 14.0. The fourth-order valence-electron chi connectivity index (χ4n) is 5.64. The van der Waals surface area contributed by atoms with E-state index in [9.17, 15) is 24.8 Å². The van der Waals surface area contributed by atoms with Crippen LogP contribution in [0.2, 0.25) is 0 Å². The van der Waals surface area contributed by atoms with Gasteiger partial charge in [0.15, 0.2) is 11.5 Å². The second-order valence-corrected chi connectivity index (χ2v) is 10.5. The highest BCUT2D eigenvalue weighted by Gasteiger charge is 2.33. The molecule has 1 fully saturated rings. The van der Waals surface area contributed by atoms with Crippen LogP contribution in [0.15, 0.2) is 70.3 Å². The largest absolute Gasteiger partial charge is 0.504 e. The maximum atomic E-state index is 13.1. The Morgan fingerprint density at radius 1 is 0.977 bits per heavy atom. The van der Waals surface area contributed by atoms with Gasteiger partial charge in [-0.25, -0.2) is 9.59 Å². The van der Waals surface area contributed by atoms with Gasteiger partial charge in [0.2, 0.25) is 0 Å². The monoisotopic (exact) mass is 603 g/mol. The van der Waals surface area contributed by atoms with Gasteiger partial charge in [-0.2, -0.15) is 0 Å². The van der Waals surface area contributed by atoms with Crippen LogP contribution < -0.4 is 4.74 Å². The van der Waals surface area contributed by atoms with Gasteiger partial charge in [0.1, 0.15) is 10.7 Å². The van der Waals surface area contributed by atoms with E-state index in [4.69, 9.17) is 18.6 Å². The fourth-order valence-corrected chi connectivity index (χ4v) is 5.64. The summed E-state index contributed by atoms with van der Waals surface area (Å²) in [6, 6.07) is 13.2. The standard InChI is InChI=1S/C32H33N3O9/c1-41-28-16-24-22(15-27(28)36)14-25(31(37)42-2)26(32(38)43-3)19-34(18-23-10-11-29(44-23)35(39)40)30(24)21-8-6-20(7-9-21)17-33-12-4-5-13-33/h6-11,14-16,19,30,36H,4-5,12-13,17-18H2,1-3H3. The number of methoxy groups -OCH3 is 3. The quantitative estimate of drug-likeness (QED) is 0.206. The molecule has 1 unspecified atom stereocenters. The summed E-state index contributed by atoms with van der Waals surface area (Å²) >= 11 is 0. The molecule has 0 amide bonds. The molecule has 1 N–H and O–H groups in total. The molecule has 0 bridgehead atoms. The van der Waals surface area contributed by atoms with E-state index in [2.05, 4.69) is 4.90 Å². The summed E-state index contributed by atoms with van der Waals surface area (Å²) in [5, 5.41) is 22.1. The number of likely N-dealkylation sites (tertiary alicyclic amines) is 1. The normalized spacial score (nSPS) is 16.7. The molecular formula is C32H33N3O9. The number of carbonyl (C=O) groups is 2. The van der Waals surface area contributed by atoms with Crippen molar-refractivity contribution in [3.05, 3.63) is 104 Å². The maximum Gasteiger partial charge on any atom is 0.433 e. The van der Waals surface area contributed by atoms with Crippen molar-refractivity contribution in [3.8, 4) is 11.5 Å². The van der Waals surface area contributed by atoms with Gasteiger partial charge in [0.05, 0.1) is 51.1 Å². The van der Waals surface area contributed by atoms with Crippen LogP contribution in [-0.4, -0.2) is 66.2 Å². The minimum atomic E-state index is -0.807. The number of benzene rings is 2. The predicted molar refractivity (Wildman–Crippen MR) is 158 cm³/mol. The van der Waals surface area contributed by atoms with E-state index in [1.165, 1.54) is 64.6 Å². The second kappa shape index (κ2) is 13.0. The number of rotatable bonds is 9. The molecule has 12 heteroatoms. The smallest absolute Gasteiger partial charge is 0.433 e. The molecule has 0 saturated carbocycles. The number of nitro groups is 1. The summed E-state index contributed by atoms with van der Waals surface area (Å²) in [4.78, 5) is 41.0. The lowest BCUT2D eigenvalue weighted by molar-refractivity contribution is -0.402. The third kappa shape index (κ3) is 6.30. The molecule has 3 aromatic rings. The number of hydrogen-bond acceptors (Lipinski definition) is 11. The molecule has 1 saturated heterocycles. The van der Waals surface area contributed by atoms with Crippen molar-refractivity contribution >= 4 is 23.9 Å². The van der Waals surface area contributed by atoms with Crippen LogP contribution >= 0.6 is 0 Å². The highest BCUT2D eigenvalue weighted by molar-refractivity contribution is 6.10. The van der Waals surface area contributed by atoms with E-state index in [-0.39, 0.29) is 35.0 Å². The topological polar surface area (TPSA) is 145 Å². The second-order valence-electron chi connectivity index (χ2n) is 10.5. The van der Waals surface area contributed by atoms with E-state index in [0.29, 0.717) is 11.1 Å². The molecule has 44 heavy (non-hydrogen) atoms. The van der Waals surface area contributed by atoms with Crippen molar-refractivity contribution < 1.29 is 38.2 Å². The van der Waals surface area contributed by atoms with Crippen molar-refractivity contribution in [2.45, 2.75) is 32.0 Å². The Labute approximate surface area is 253 Å². The van der Waals surface area contributed by atoms with Crippen LogP contribution in [0, 0.1) is 10.1 Å². The Balaban J connectivity index is 1.72. The molecular weight excluding hydrogens is 570 g/mol. The summed E-state index contributed by atoms with van der Waals surface area (Å²) in [5.41, 5.74) is 2.75. The van der Waals surface area contributed by atoms with Gasteiger partial charge in [-0.3, -0.25) is 15.0 Å². The van der Waals surface area contributed by atoms with Crippen LogP contribution in [0.5, 0.6) is 11.5 Å². The van der Waals surface area contributed by atoms with E-state index in [0.717, 1.165) is 30.8 Å². The summed E-state index contributed by atoms with van der Waals surface area (Å²) in [5.74, 6) is -1.79. The first-order chi connectivity index (χ1) is 21.2. The third-order valence-electron chi connectivity index (χ3n) is 7.77. The van der Waals surface area contributed by atoms with Crippen LogP contribution in [0.1, 0.15) is 46.9 Å². The van der Waals surface area contributed by atoms with Crippen molar-refractivity contribution in [1.29, 1.82) is 0 Å². The van der Waals surface area contributed by atoms with Gasteiger partial charge in [-0.05, 0) is 72.5 Å². The molecule has 230 valence electrons. The van der Waals surface area contributed by atoms with Crippen molar-refractivity contribution in [3.63, 3.8) is 0 Å². The number of nitrogens with zero attached hydrogens (tertiary/aromatic N) is 3. The zero-order valence-electron chi connectivity index (χ0n) is 24.6. The summed E-state index contributed by atoms with van der Waals surface area (Å²) < 4.78 is 21.0. The van der Waals surface area contributed by atoms with Crippen molar-refractivity contribution in [2.24, 2.45) is 0 Å². The summed E-state index contributed by atoms with van der Waals surface area (Å²) in [7, 11) is 3.81. The minimum Gasteiger partial charge on any atom is -0.504 e. The summed E-state index contributed by atoms with van der Waals surface area (Å²) in [6.45, 7) is 2.90. The van der Waals surface area contributed by atoms with Crippen molar-refractivity contribution in [2.75, 3.05) is 34.4 Å². The van der Waals surface area contributed by atoms with Crippen LogP contribution in [0.25, 0.3) is 6.08 Å². The number of hydrogen-bond donors (Lipinski definition) is 1. The van der Waals surface area contributed by atoms with Crippen LogP contribution in [0.3, 0.4) is 0 Å². The number of fused-ring (bicyclic) bond motifs is 1. The zero-order valence-corrected chi connectivity index (χ0v) is 24.6. The van der Waals surface area contributed by atoms with E-state index in [1.54, 1.807) is 11.0 Å². The molecule has 12 nitrogen and oxygen atoms in total. The van der Waals surface area contributed by atoms with E-state index >= 15 is 0 Å². The average Bonchev–Trinajstić information content (AvgIpc) is 3.71. The Morgan fingerprint density at radius 2 is 1.66 bits per heavy atom. The van der Waals surface area contributed by atoms with Gasteiger partial charge in [-0.15, -0.1) is 0 Å². The Kier molecular flexibility index (Phi) is 9.00. The average molecular weight is 604 g/mol. The lowest BCUT2D eigenvalue weighted by atomic mass is 9.88. The molecule has 0 aliphatic carbocycles. The van der Waals surface area contributed by atoms with Crippen LogP contribution in [0.4, 0.5) is 5.88 Å². The first kappa shape index (κ1) is 30.4. The molecule has 0 radical (unpaired) electrons. The zero-order chi connectivity index (χ0) is 31.4. The lowest BCUT2D eigenvalue weighted by Crippen LogP contribution is -2.29. The maximum absolute atomic E-state index is 13.1. The number of phenolic OH excluding ortho intramolecular Hbond substituents is 1. The van der Waals surface area contributed by atoms with Gasteiger partial charge < -0.3 is 28.6 Å². The highest BCUT2D eigenvalue weighted by Crippen LogP contribution is 2.42. The Hall–Kier alpha value is -5.10.